The third-order valence-electron chi connectivity index (χ3n) is 1.61. The molecule has 1 unspecified atom stereocenters. The Labute approximate surface area is 87.0 Å². The number of hydrogen-bond acceptors (Lipinski definition) is 5. The first-order chi connectivity index (χ1) is 6.27. The molecule has 0 spiro atoms. The van der Waals surface area contributed by atoms with Gasteiger partial charge in [-0.3, -0.25) is 0 Å². The van der Waals surface area contributed by atoms with E-state index in [0.29, 0.717) is 0 Å². The average Bonchev–Trinajstić information content (AvgIpc) is 2.72. The lowest BCUT2D eigenvalue weighted by Gasteiger charge is -2.05. The molecule has 2 aromatic rings. The van der Waals surface area contributed by atoms with Crippen LogP contribution in [0, 0.1) is 0 Å². The molecule has 0 amide bonds. The lowest BCUT2D eigenvalue weighted by molar-refractivity contribution is 0.556. The van der Waals surface area contributed by atoms with Gasteiger partial charge in [-0.15, -0.1) is 10.2 Å². The van der Waals surface area contributed by atoms with Crippen molar-refractivity contribution >= 4 is 27.3 Å². The summed E-state index contributed by atoms with van der Waals surface area (Å²) in [5.41, 5.74) is 0. The van der Waals surface area contributed by atoms with Crippen molar-refractivity contribution in [3.8, 4) is 0 Å². The minimum absolute atomic E-state index is 0.0892. The summed E-state index contributed by atoms with van der Waals surface area (Å²) in [5.74, 6) is 0. The smallest absolute Gasteiger partial charge is 0.183 e. The Bertz CT molecular complexity index is 383. The Kier molecular flexibility index (Phi) is 2.36. The van der Waals surface area contributed by atoms with E-state index in [0.717, 1.165) is 8.92 Å². The highest BCUT2D eigenvalue weighted by Gasteiger charge is 2.12. The molecule has 0 fully saturated rings. The van der Waals surface area contributed by atoms with Crippen LogP contribution in [-0.2, 0) is 0 Å². The van der Waals surface area contributed by atoms with Crippen LogP contribution in [0.4, 0.5) is 0 Å². The number of hydrogen-bond donors (Lipinski definition) is 0. The fraction of sp³-hybridized carbons (Fsp3) is 0.333. The number of halogens is 1. The third kappa shape index (κ3) is 1.75. The van der Waals surface area contributed by atoms with Crippen LogP contribution in [-0.4, -0.2) is 25.0 Å². The van der Waals surface area contributed by atoms with Crippen molar-refractivity contribution in [2.75, 3.05) is 0 Å². The van der Waals surface area contributed by atoms with E-state index in [4.69, 9.17) is 0 Å². The SMILES string of the molecule is CC(c1nnc(Br)s1)n1cncn1. The number of nitrogens with zero attached hydrogens (tertiary/aromatic N) is 5. The van der Waals surface area contributed by atoms with Crippen LogP contribution < -0.4 is 0 Å². The zero-order chi connectivity index (χ0) is 9.26. The molecule has 68 valence electrons. The van der Waals surface area contributed by atoms with Crippen LogP contribution in [0.3, 0.4) is 0 Å². The molecule has 13 heavy (non-hydrogen) atoms. The van der Waals surface area contributed by atoms with Crippen LogP contribution >= 0.6 is 27.3 Å². The first-order valence-electron chi connectivity index (χ1n) is 3.60. The first kappa shape index (κ1) is 8.76. The van der Waals surface area contributed by atoms with Gasteiger partial charge in [0.1, 0.15) is 23.7 Å². The Morgan fingerprint density at radius 3 is 2.92 bits per heavy atom. The Hall–Kier alpha value is -0.820. The molecule has 2 aromatic heterocycles. The van der Waals surface area contributed by atoms with Gasteiger partial charge in [-0.1, -0.05) is 11.3 Å². The molecule has 1 atom stereocenters. The standard InChI is InChI=1S/C6H6BrN5S/c1-4(12-3-8-2-9-12)5-10-11-6(7)13-5/h2-4H,1H3. The van der Waals surface area contributed by atoms with E-state index in [9.17, 15) is 0 Å². The molecule has 0 radical (unpaired) electrons. The molecular formula is C6H6BrN5S. The van der Waals surface area contributed by atoms with E-state index >= 15 is 0 Å². The molecule has 0 aromatic carbocycles. The van der Waals surface area contributed by atoms with E-state index < -0.39 is 0 Å². The zero-order valence-electron chi connectivity index (χ0n) is 6.75. The van der Waals surface area contributed by atoms with Gasteiger partial charge in [0, 0.05) is 0 Å². The summed E-state index contributed by atoms with van der Waals surface area (Å²) >= 11 is 4.76. The van der Waals surface area contributed by atoms with Crippen molar-refractivity contribution in [2.45, 2.75) is 13.0 Å². The maximum absolute atomic E-state index is 4.03. The highest BCUT2D eigenvalue weighted by Crippen LogP contribution is 2.23. The second kappa shape index (κ2) is 3.51. The van der Waals surface area contributed by atoms with Gasteiger partial charge in [0.15, 0.2) is 3.92 Å². The van der Waals surface area contributed by atoms with E-state index in [1.54, 1.807) is 11.0 Å². The van der Waals surface area contributed by atoms with Gasteiger partial charge >= 0.3 is 0 Å². The van der Waals surface area contributed by atoms with Crippen molar-refractivity contribution in [3.05, 3.63) is 21.6 Å². The molecule has 2 rings (SSSR count). The lowest BCUT2D eigenvalue weighted by atomic mass is 10.4. The van der Waals surface area contributed by atoms with Crippen molar-refractivity contribution in [2.24, 2.45) is 0 Å². The van der Waals surface area contributed by atoms with Crippen molar-refractivity contribution in [1.82, 2.24) is 25.0 Å². The fourth-order valence-electron chi connectivity index (χ4n) is 0.915. The summed E-state index contributed by atoms with van der Waals surface area (Å²) < 4.78 is 2.53. The first-order valence-corrected chi connectivity index (χ1v) is 5.21. The van der Waals surface area contributed by atoms with E-state index in [1.807, 2.05) is 6.92 Å². The fourth-order valence-corrected chi connectivity index (χ4v) is 2.11. The monoisotopic (exact) mass is 259 g/mol. The highest BCUT2D eigenvalue weighted by atomic mass is 79.9. The van der Waals surface area contributed by atoms with Gasteiger partial charge in [0.25, 0.3) is 0 Å². The second-order valence-corrected chi connectivity index (χ2v) is 4.73. The lowest BCUT2D eigenvalue weighted by Crippen LogP contribution is -2.06. The molecule has 5 nitrogen and oxygen atoms in total. The molecule has 0 aliphatic heterocycles. The van der Waals surface area contributed by atoms with Gasteiger partial charge < -0.3 is 0 Å². The number of aromatic nitrogens is 5. The highest BCUT2D eigenvalue weighted by molar-refractivity contribution is 9.11. The molecule has 7 heteroatoms. The molecule has 0 N–H and O–H groups in total. The van der Waals surface area contributed by atoms with E-state index in [1.165, 1.54) is 17.7 Å². The van der Waals surface area contributed by atoms with Crippen molar-refractivity contribution in [3.63, 3.8) is 0 Å². The molecule has 0 aliphatic rings. The van der Waals surface area contributed by atoms with E-state index in [-0.39, 0.29) is 6.04 Å². The summed E-state index contributed by atoms with van der Waals surface area (Å²) in [6, 6.07) is 0.0892. The van der Waals surface area contributed by atoms with Gasteiger partial charge in [0.05, 0.1) is 0 Å². The van der Waals surface area contributed by atoms with Crippen LogP contribution in [0.2, 0.25) is 0 Å². The van der Waals surface area contributed by atoms with Crippen LogP contribution in [0.15, 0.2) is 16.6 Å². The molecule has 0 saturated carbocycles. The summed E-state index contributed by atoms with van der Waals surface area (Å²) in [6.07, 6.45) is 3.17. The van der Waals surface area contributed by atoms with Gasteiger partial charge in [-0.25, -0.2) is 9.67 Å². The van der Waals surface area contributed by atoms with Gasteiger partial charge in [0.2, 0.25) is 0 Å². The topological polar surface area (TPSA) is 56.5 Å². The minimum atomic E-state index is 0.0892. The maximum atomic E-state index is 4.03. The van der Waals surface area contributed by atoms with Crippen molar-refractivity contribution in [1.29, 1.82) is 0 Å². The molecule has 0 aliphatic carbocycles. The predicted molar refractivity (Wildman–Crippen MR) is 51.4 cm³/mol. The Balaban J connectivity index is 2.28. The Morgan fingerprint density at radius 2 is 2.38 bits per heavy atom. The van der Waals surface area contributed by atoms with Crippen LogP contribution in [0.25, 0.3) is 0 Å². The number of rotatable bonds is 2. The van der Waals surface area contributed by atoms with Gasteiger partial charge in [-0.2, -0.15) is 5.10 Å². The molecule has 0 saturated heterocycles. The minimum Gasteiger partial charge on any atom is -0.243 e. The van der Waals surface area contributed by atoms with Crippen LogP contribution in [0.1, 0.15) is 18.0 Å². The predicted octanol–water partition coefficient (Wildman–Crippen LogP) is 1.50. The van der Waals surface area contributed by atoms with Crippen molar-refractivity contribution < 1.29 is 0 Å². The normalized spacial score (nSPS) is 13.1. The van der Waals surface area contributed by atoms with E-state index in [2.05, 4.69) is 36.2 Å². The maximum Gasteiger partial charge on any atom is 0.183 e. The summed E-state index contributed by atoms with van der Waals surface area (Å²) in [6.45, 7) is 2.00. The Morgan fingerprint density at radius 1 is 1.54 bits per heavy atom. The van der Waals surface area contributed by atoms with Crippen LogP contribution in [0.5, 0.6) is 0 Å². The summed E-state index contributed by atoms with van der Waals surface area (Å²) in [4.78, 5) is 3.87. The third-order valence-corrected chi connectivity index (χ3v) is 3.13. The largest absolute Gasteiger partial charge is 0.243 e. The second-order valence-electron chi connectivity index (χ2n) is 2.44. The molecular weight excluding hydrogens is 254 g/mol. The quantitative estimate of drug-likeness (QED) is 0.821. The van der Waals surface area contributed by atoms with Gasteiger partial charge in [-0.05, 0) is 22.9 Å². The molecule has 2 heterocycles. The average molecular weight is 260 g/mol. The zero-order valence-corrected chi connectivity index (χ0v) is 9.16. The summed E-state index contributed by atoms with van der Waals surface area (Å²) in [5, 5.41) is 12.8. The molecule has 0 bridgehead atoms. The summed E-state index contributed by atoms with van der Waals surface area (Å²) in [7, 11) is 0.